The lowest BCUT2D eigenvalue weighted by Crippen LogP contribution is -2.42. The first-order chi connectivity index (χ1) is 8.52. The summed E-state index contributed by atoms with van der Waals surface area (Å²) in [4.78, 5) is 15.8. The Morgan fingerprint density at radius 1 is 1.50 bits per heavy atom. The standard InChI is InChI=1S/C13H28N4O/c1-15-12(13(14)18)6-9-17(3)10-11-4-7-16(2)8-5-11/h11-12,15H,4-10H2,1-3H3,(H2,14,18). The molecule has 1 saturated heterocycles. The summed E-state index contributed by atoms with van der Waals surface area (Å²) in [7, 11) is 6.10. The Balaban J connectivity index is 2.20. The summed E-state index contributed by atoms with van der Waals surface area (Å²) in [6.45, 7) is 4.46. The summed E-state index contributed by atoms with van der Waals surface area (Å²) in [5.41, 5.74) is 5.31. The molecule has 1 heterocycles. The molecule has 0 radical (unpaired) electrons. The first-order valence-electron chi connectivity index (χ1n) is 6.86. The smallest absolute Gasteiger partial charge is 0.234 e. The molecule has 3 N–H and O–H groups in total. The number of nitrogens with one attached hydrogen (secondary N) is 1. The molecule has 18 heavy (non-hydrogen) atoms. The van der Waals surface area contributed by atoms with E-state index in [-0.39, 0.29) is 11.9 Å². The third-order valence-corrected chi connectivity index (χ3v) is 3.90. The van der Waals surface area contributed by atoms with Crippen LogP contribution in [-0.2, 0) is 4.79 Å². The van der Waals surface area contributed by atoms with Crippen LogP contribution in [0.3, 0.4) is 0 Å². The zero-order valence-electron chi connectivity index (χ0n) is 12.0. The molecule has 1 amide bonds. The fourth-order valence-electron chi connectivity index (χ4n) is 2.56. The lowest BCUT2D eigenvalue weighted by Gasteiger charge is -2.32. The van der Waals surface area contributed by atoms with Crippen LogP contribution in [0.4, 0.5) is 0 Å². The highest BCUT2D eigenvalue weighted by Gasteiger charge is 2.19. The van der Waals surface area contributed by atoms with Crippen LogP contribution in [0.2, 0.25) is 0 Å². The van der Waals surface area contributed by atoms with Gasteiger partial charge in [-0.2, -0.15) is 0 Å². The highest BCUT2D eigenvalue weighted by molar-refractivity contribution is 5.79. The van der Waals surface area contributed by atoms with Crippen molar-refractivity contribution in [2.45, 2.75) is 25.3 Å². The van der Waals surface area contributed by atoms with Gasteiger partial charge in [0.15, 0.2) is 0 Å². The normalized spacial score (nSPS) is 20.2. The second kappa shape index (κ2) is 7.71. The van der Waals surface area contributed by atoms with E-state index in [1.807, 2.05) is 0 Å². The van der Waals surface area contributed by atoms with E-state index in [9.17, 15) is 4.79 Å². The molecule has 106 valence electrons. The second-order valence-electron chi connectivity index (χ2n) is 5.54. The maximum atomic E-state index is 11.1. The van der Waals surface area contributed by atoms with Crippen molar-refractivity contribution >= 4 is 5.91 Å². The van der Waals surface area contributed by atoms with Gasteiger partial charge in [0.1, 0.15) is 0 Å². The predicted molar refractivity (Wildman–Crippen MR) is 74.4 cm³/mol. The van der Waals surface area contributed by atoms with Crippen LogP contribution in [0.15, 0.2) is 0 Å². The molecule has 0 aromatic heterocycles. The first kappa shape index (κ1) is 15.4. The Morgan fingerprint density at radius 2 is 2.11 bits per heavy atom. The van der Waals surface area contributed by atoms with Crippen LogP contribution in [0, 0.1) is 5.92 Å². The number of piperidine rings is 1. The van der Waals surface area contributed by atoms with Crippen molar-refractivity contribution in [2.24, 2.45) is 11.7 Å². The minimum Gasteiger partial charge on any atom is -0.368 e. The molecule has 0 saturated carbocycles. The van der Waals surface area contributed by atoms with E-state index in [1.165, 1.54) is 25.9 Å². The maximum Gasteiger partial charge on any atom is 0.234 e. The zero-order chi connectivity index (χ0) is 13.5. The van der Waals surface area contributed by atoms with Crippen molar-refractivity contribution in [1.82, 2.24) is 15.1 Å². The number of likely N-dealkylation sites (N-methyl/N-ethyl adjacent to an activating group) is 1. The zero-order valence-corrected chi connectivity index (χ0v) is 12.0. The number of hydrogen-bond donors (Lipinski definition) is 2. The molecule has 1 aliphatic heterocycles. The lowest BCUT2D eigenvalue weighted by atomic mass is 9.96. The van der Waals surface area contributed by atoms with Crippen molar-refractivity contribution in [1.29, 1.82) is 0 Å². The number of hydrogen-bond acceptors (Lipinski definition) is 4. The SMILES string of the molecule is CNC(CCN(C)CC1CCN(C)CC1)C(N)=O. The first-order valence-corrected chi connectivity index (χ1v) is 6.86. The van der Waals surface area contributed by atoms with E-state index < -0.39 is 0 Å². The Labute approximate surface area is 111 Å². The average Bonchev–Trinajstić information content (AvgIpc) is 2.32. The topological polar surface area (TPSA) is 61.6 Å². The fraction of sp³-hybridized carbons (Fsp3) is 0.923. The second-order valence-corrected chi connectivity index (χ2v) is 5.54. The molecule has 0 aromatic carbocycles. The van der Waals surface area contributed by atoms with Gasteiger partial charge in [0.25, 0.3) is 0 Å². The summed E-state index contributed by atoms with van der Waals surface area (Å²) in [6.07, 6.45) is 3.35. The number of carbonyl (C=O) groups is 1. The number of nitrogens with two attached hydrogens (primary N) is 1. The molecule has 5 heteroatoms. The summed E-state index contributed by atoms with van der Waals surface area (Å²) in [5.74, 6) is 0.540. The molecule has 1 fully saturated rings. The molecule has 0 spiro atoms. The number of amides is 1. The van der Waals surface area contributed by atoms with Gasteiger partial charge in [0, 0.05) is 6.54 Å². The molecule has 0 bridgehead atoms. The third kappa shape index (κ3) is 5.33. The Morgan fingerprint density at radius 3 is 2.61 bits per heavy atom. The number of nitrogens with zero attached hydrogens (tertiary/aromatic N) is 2. The van der Waals surface area contributed by atoms with Crippen LogP contribution in [0.5, 0.6) is 0 Å². The van der Waals surface area contributed by atoms with Gasteiger partial charge in [-0.1, -0.05) is 0 Å². The molecule has 5 nitrogen and oxygen atoms in total. The van der Waals surface area contributed by atoms with Crippen LogP contribution in [0.25, 0.3) is 0 Å². The number of primary amides is 1. The largest absolute Gasteiger partial charge is 0.368 e. The molecule has 1 aliphatic rings. The summed E-state index contributed by atoms with van der Waals surface area (Å²) in [5, 5.41) is 2.96. The molecular formula is C13H28N4O. The Hall–Kier alpha value is -0.650. The van der Waals surface area contributed by atoms with Crippen molar-refractivity contribution in [3.05, 3.63) is 0 Å². The fourth-order valence-corrected chi connectivity index (χ4v) is 2.56. The van der Waals surface area contributed by atoms with Gasteiger partial charge in [0.05, 0.1) is 6.04 Å². The van der Waals surface area contributed by atoms with Gasteiger partial charge in [-0.15, -0.1) is 0 Å². The average molecular weight is 256 g/mol. The highest BCUT2D eigenvalue weighted by Crippen LogP contribution is 2.16. The lowest BCUT2D eigenvalue weighted by molar-refractivity contribution is -0.120. The molecule has 0 aliphatic carbocycles. The summed E-state index contributed by atoms with van der Waals surface area (Å²) in [6, 6.07) is -0.204. The molecule has 1 unspecified atom stereocenters. The molecular weight excluding hydrogens is 228 g/mol. The van der Waals surface area contributed by atoms with E-state index in [0.29, 0.717) is 0 Å². The molecule has 1 rings (SSSR count). The third-order valence-electron chi connectivity index (χ3n) is 3.90. The van der Waals surface area contributed by atoms with Crippen LogP contribution in [-0.4, -0.2) is 69.1 Å². The van der Waals surface area contributed by atoms with Gasteiger partial charge in [-0.25, -0.2) is 0 Å². The van der Waals surface area contributed by atoms with Crippen molar-refractivity contribution < 1.29 is 4.79 Å². The van der Waals surface area contributed by atoms with Gasteiger partial charge in [-0.05, 0) is 66.0 Å². The van der Waals surface area contributed by atoms with E-state index in [2.05, 4.69) is 29.2 Å². The van der Waals surface area contributed by atoms with E-state index in [0.717, 1.165) is 25.4 Å². The summed E-state index contributed by atoms with van der Waals surface area (Å²) >= 11 is 0. The van der Waals surface area contributed by atoms with Gasteiger partial charge in [-0.3, -0.25) is 4.79 Å². The number of likely N-dealkylation sites (tertiary alicyclic amines) is 1. The number of rotatable bonds is 7. The van der Waals surface area contributed by atoms with Crippen molar-refractivity contribution in [3.63, 3.8) is 0 Å². The minimum atomic E-state index is -0.259. The van der Waals surface area contributed by atoms with Crippen molar-refractivity contribution in [2.75, 3.05) is 47.3 Å². The van der Waals surface area contributed by atoms with Crippen LogP contribution >= 0.6 is 0 Å². The Kier molecular flexibility index (Phi) is 6.60. The highest BCUT2D eigenvalue weighted by atomic mass is 16.1. The quantitative estimate of drug-likeness (QED) is 0.658. The monoisotopic (exact) mass is 256 g/mol. The van der Waals surface area contributed by atoms with Crippen LogP contribution in [0.1, 0.15) is 19.3 Å². The number of carbonyl (C=O) groups excluding carboxylic acids is 1. The van der Waals surface area contributed by atoms with Gasteiger partial charge in [0.2, 0.25) is 5.91 Å². The van der Waals surface area contributed by atoms with E-state index in [4.69, 9.17) is 5.73 Å². The molecule has 0 aromatic rings. The van der Waals surface area contributed by atoms with E-state index in [1.54, 1.807) is 7.05 Å². The maximum absolute atomic E-state index is 11.1. The van der Waals surface area contributed by atoms with Gasteiger partial charge >= 0.3 is 0 Å². The van der Waals surface area contributed by atoms with Gasteiger partial charge < -0.3 is 20.9 Å². The Bertz CT molecular complexity index is 251. The molecule has 1 atom stereocenters. The van der Waals surface area contributed by atoms with Crippen LogP contribution < -0.4 is 11.1 Å². The summed E-state index contributed by atoms with van der Waals surface area (Å²) < 4.78 is 0. The minimum absolute atomic E-state index is 0.204. The predicted octanol–water partition coefficient (Wildman–Crippen LogP) is -0.277. The van der Waals surface area contributed by atoms with E-state index >= 15 is 0 Å². The van der Waals surface area contributed by atoms with Crippen molar-refractivity contribution in [3.8, 4) is 0 Å².